The van der Waals surface area contributed by atoms with Crippen LogP contribution in [0.15, 0.2) is 42.5 Å². The second kappa shape index (κ2) is 8.57. The fourth-order valence-electron chi connectivity index (χ4n) is 5.04. The van der Waals surface area contributed by atoms with Crippen molar-refractivity contribution in [1.29, 1.82) is 0 Å². The Bertz CT molecular complexity index is 1260. The highest BCUT2D eigenvalue weighted by molar-refractivity contribution is 7.92. The highest BCUT2D eigenvalue weighted by atomic mass is 32.2. The Morgan fingerprint density at radius 1 is 0.939 bits per heavy atom. The first-order chi connectivity index (χ1) is 15.9. The molecule has 1 aromatic heterocycles. The average molecular weight is 469 g/mol. The molecule has 7 nitrogen and oxygen atoms in total. The first-order valence-electron chi connectivity index (χ1n) is 11.7. The van der Waals surface area contributed by atoms with E-state index in [2.05, 4.69) is 41.5 Å². The van der Waals surface area contributed by atoms with Crippen molar-refractivity contribution in [2.75, 3.05) is 53.5 Å². The van der Waals surface area contributed by atoms with Gasteiger partial charge in [0, 0.05) is 42.3 Å². The zero-order valence-electron chi connectivity index (χ0n) is 19.3. The van der Waals surface area contributed by atoms with Crippen LogP contribution < -0.4 is 14.9 Å². The third-order valence-corrected chi connectivity index (χ3v) is 8.57. The van der Waals surface area contributed by atoms with Crippen LogP contribution in [0.25, 0.3) is 22.2 Å². The predicted octanol–water partition coefficient (Wildman–Crippen LogP) is 4.24. The van der Waals surface area contributed by atoms with Crippen LogP contribution in [0, 0.1) is 0 Å². The lowest BCUT2D eigenvalue weighted by Crippen LogP contribution is -2.37. The summed E-state index contributed by atoms with van der Waals surface area (Å²) in [5.74, 6) is 0.217. The molecular formula is C25H32N4O3S. The lowest BCUT2D eigenvalue weighted by atomic mass is 10.1. The summed E-state index contributed by atoms with van der Waals surface area (Å²) in [5, 5.41) is 1.04. The van der Waals surface area contributed by atoms with E-state index in [1.54, 1.807) is 0 Å². The molecule has 2 saturated heterocycles. The largest absolute Gasteiger partial charge is 0.396 e. The number of ether oxygens (including phenoxy) is 1. The van der Waals surface area contributed by atoms with Crippen LogP contribution in [0.4, 0.5) is 17.1 Å². The number of fused-ring (bicyclic) bond motifs is 1. The molecule has 176 valence electrons. The van der Waals surface area contributed by atoms with Crippen LogP contribution in [0.1, 0.15) is 32.7 Å². The summed E-state index contributed by atoms with van der Waals surface area (Å²) in [6.45, 7) is 8.14. The maximum Gasteiger partial charge on any atom is 0.235 e. The molecule has 0 bridgehead atoms. The normalized spacial score (nSPS) is 18.9. The SMILES string of the molecule is CC(C)n1c(-c2ccc(N3CCCCS3(=O)=O)cc2)c(N)c2ccc(N3CCOCC3)cc21. The van der Waals surface area contributed by atoms with Crippen LogP contribution in [0.2, 0.25) is 0 Å². The van der Waals surface area contributed by atoms with Crippen LogP contribution in [0.3, 0.4) is 0 Å². The number of sulfonamides is 1. The van der Waals surface area contributed by atoms with E-state index in [0.29, 0.717) is 6.54 Å². The summed E-state index contributed by atoms with van der Waals surface area (Å²) in [7, 11) is -3.23. The molecule has 3 heterocycles. The third kappa shape index (κ3) is 3.95. The minimum absolute atomic E-state index is 0.210. The quantitative estimate of drug-likeness (QED) is 0.620. The Labute approximate surface area is 195 Å². The molecule has 2 N–H and O–H groups in total. The second-order valence-electron chi connectivity index (χ2n) is 9.17. The summed E-state index contributed by atoms with van der Waals surface area (Å²) in [5.41, 5.74) is 12.4. The van der Waals surface area contributed by atoms with Gasteiger partial charge in [0.05, 0.1) is 41.6 Å². The molecule has 2 aliphatic heterocycles. The zero-order valence-corrected chi connectivity index (χ0v) is 20.1. The predicted molar refractivity (Wildman–Crippen MR) is 136 cm³/mol. The molecule has 0 aliphatic carbocycles. The van der Waals surface area contributed by atoms with E-state index in [4.69, 9.17) is 10.5 Å². The van der Waals surface area contributed by atoms with Crippen molar-refractivity contribution in [2.24, 2.45) is 0 Å². The molecule has 8 heteroatoms. The summed E-state index contributed by atoms with van der Waals surface area (Å²) in [6.07, 6.45) is 1.62. The summed E-state index contributed by atoms with van der Waals surface area (Å²) in [6, 6.07) is 14.5. The number of aromatic nitrogens is 1. The van der Waals surface area contributed by atoms with Crippen molar-refractivity contribution in [3.63, 3.8) is 0 Å². The monoisotopic (exact) mass is 468 g/mol. The number of morpholine rings is 1. The van der Waals surface area contributed by atoms with Crippen molar-refractivity contribution in [2.45, 2.75) is 32.7 Å². The molecule has 2 aromatic carbocycles. The van der Waals surface area contributed by atoms with Gasteiger partial charge in [-0.1, -0.05) is 12.1 Å². The number of nitrogens with zero attached hydrogens (tertiary/aromatic N) is 3. The molecule has 0 amide bonds. The lowest BCUT2D eigenvalue weighted by molar-refractivity contribution is 0.122. The van der Waals surface area contributed by atoms with Gasteiger partial charge in [-0.05, 0) is 57.0 Å². The van der Waals surface area contributed by atoms with Gasteiger partial charge < -0.3 is 19.9 Å². The Kier molecular flexibility index (Phi) is 5.74. The Balaban J connectivity index is 1.57. The number of nitrogens with two attached hydrogens (primary N) is 1. The van der Waals surface area contributed by atoms with E-state index in [1.807, 2.05) is 24.3 Å². The van der Waals surface area contributed by atoms with Gasteiger partial charge in [0.2, 0.25) is 10.0 Å². The second-order valence-corrected chi connectivity index (χ2v) is 11.2. The van der Waals surface area contributed by atoms with Crippen molar-refractivity contribution < 1.29 is 13.2 Å². The van der Waals surface area contributed by atoms with Crippen LogP contribution in [0.5, 0.6) is 0 Å². The highest BCUT2D eigenvalue weighted by Gasteiger charge is 2.26. The fraction of sp³-hybridized carbons (Fsp3) is 0.440. The first kappa shape index (κ1) is 22.1. The maximum atomic E-state index is 12.5. The van der Waals surface area contributed by atoms with Crippen molar-refractivity contribution >= 4 is 38.0 Å². The zero-order chi connectivity index (χ0) is 23.2. The van der Waals surface area contributed by atoms with Gasteiger partial charge in [0.1, 0.15) is 0 Å². The average Bonchev–Trinajstić information content (AvgIpc) is 3.11. The van der Waals surface area contributed by atoms with E-state index < -0.39 is 10.0 Å². The van der Waals surface area contributed by atoms with E-state index in [-0.39, 0.29) is 11.8 Å². The van der Waals surface area contributed by atoms with E-state index >= 15 is 0 Å². The maximum absolute atomic E-state index is 12.5. The Hall–Kier alpha value is -2.71. The molecule has 5 rings (SSSR count). The van der Waals surface area contributed by atoms with Gasteiger partial charge >= 0.3 is 0 Å². The van der Waals surface area contributed by atoms with Gasteiger partial charge in [-0.2, -0.15) is 0 Å². The molecule has 2 aliphatic rings. The Morgan fingerprint density at radius 3 is 2.30 bits per heavy atom. The summed E-state index contributed by atoms with van der Waals surface area (Å²) >= 11 is 0. The van der Waals surface area contributed by atoms with Crippen LogP contribution >= 0.6 is 0 Å². The molecule has 0 saturated carbocycles. The van der Waals surface area contributed by atoms with Crippen molar-refractivity contribution in [1.82, 2.24) is 4.57 Å². The van der Waals surface area contributed by atoms with Gasteiger partial charge in [-0.15, -0.1) is 0 Å². The van der Waals surface area contributed by atoms with E-state index in [0.717, 1.165) is 72.7 Å². The number of hydrogen-bond acceptors (Lipinski definition) is 5. The third-order valence-electron chi connectivity index (χ3n) is 6.70. The molecule has 0 unspecified atom stereocenters. The van der Waals surface area contributed by atoms with E-state index in [9.17, 15) is 8.42 Å². The van der Waals surface area contributed by atoms with Gasteiger partial charge in [0.15, 0.2) is 0 Å². The fourth-order valence-corrected chi connectivity index (χ4v) is 6.68. The highest BCUT2D eigenvalue weighted by Crippen LogP contribution is 2.40. The van der Waals surface area contributed by atoms with Crippen molar-refractivity contribution in [3.05, 3.63) is 42.5 Å². The molecule has 33 heavy (non-hydrogen) atoms. The number of rotatable bonds is 4. The lowest BCUT2D eigenvalue weighted by Gasteiger charge is -2.29. The van der Waals surface area contributed by atoms with Crippen LogP contribution in [-0.4, -0.2) is 51.6 Å². The minimum Gasteiger partial charge on any atom is -0.396 e. The van der Waals surface area contributed by atoms with Gasteiger partial charge in [-0.25, -0.2) is 8.42 Å². The number of anilines is 3. The number of nitrogen functional groups attached to an aromatic ring is 1. The molecule has 0 atom stereocenters. The first-order valence-corrected chi connectivity index (χ1v) is 13.3. The molecule has 0 spiro atoms. The van der Waals surface area contributed by atoms with E-state index in [1.165, 1.54) is 9.99 Å². The van der Waals surface area contributed by atoms with Gasteiger partial charge in [-0.3, -0.25) is 4.31 Å². The van der Waals surface area contributed by atoms with Crippen LogP contribution in [-0.2, 0) is 14.8 Å². The number of benzene rings is 2. The summed E-state index contributed by atoms with van der Waals surface area (Å²) < 4.78 is 34.3. The summed E-state index contributed by atoms with van der Waals surface area (Å²) in [4.78, 5) is 2.35. The Morgan fingerprint density at radius 2 is 1.64 bits per heavy atom. The molecular weight excluding hydrogens is 436 g/mol. The number of hydrogen-bond donors (Lipinski definition) is 1. The topological polar surface area (TPSA) is 80.8 Å². The molecule has 3 aromatic rings. The smallest absolute Gasteiger partial charge is 0.235 e. The van der Waals surface area contributed by atoms with Gasteiger partial charge in [0.25, 0.3) is 0 Å². The minimum atomic E-state index is -3.23. The van der Waals surface area contributed by atoms with Crippen molar-refractivity contribution in [3.8, 4) is 11.3 Å². The standard InChI is InChI=1S/C25H32N4O3S/c1-18(2)29-23-17-21(27-12-14-32-15-13-27)9-10-22(23)24(26)25(29)19-5-7-20(8-6-19)28-11-3-4-16-33(28,30)31/h5-10,17-18H,3-4,11-16,26H2,1-2H3. The molecule has 2 fully saturated rings. The molecule has 0 radical (unpaired) electrons.